The summed E-state index contributed by atoms with van der Waals surface area (Å²) in [5.74, 6) is 2.53. The summed E-state index contributed by atoms with van der Waals surface area (Å²) in [5.41, 5.74) is 15.0. The third-order valence-electron chi connectivity index (χ3n) is 12.5. The standard InChI is InChI=1S/C61H84O/c1-48(2)28-26-37-57-46-59(58(44-52(57)7)38-27-29-49(3)4)60-47-56(36-24-14-10-9-12-18-30-50(5)39-41-54-32-20-16-21-33-54)53(8)45-61(60)62-43-25-15-11-13-19-31-51(6)40-42-55-34-22-17-23-35-55/h16-17,20-23,32-35,39-42,44-49H,5-6,9-15,18-19,24-31,36-38,43H2,1-4,7-8H3/b41-39+,42-40+. The Hall–Kier alpha value is -4.36. The van der Waals surface area contributed by atoms with Crippen LogP contribution >= 0.6 is 0 Å². The number of unbranched alkanes of at least 4 members (excludes halogenated alkanes) is 9. The van der Waals surface area contributed by atoms with Crippen molar-refractivity contribution in [1.82, 2.24) is 0 Å². The van der Waals surface area contributed by atoms with Crippen molar-refractivity contribution in [2.75, 3.05) is 6.61 Å². The molecule has 0 unspecified atom stereocenters. The molecule has 0 atom stereocenters. The molecule has 0 N–H and O–H groups in total. The number of hydrogen-bond donors (Lipinski definition) is 0. The summed E-state index contributed by atoms with van der Waals surface area (Å²) in [6.07, 6.45) is 32.9. The van der Waals surface area contributed by atoms with E-state index in [1.807, 2.05) is 0 Å². The zero-order valence-corrected chi connectivity index (χ0v) is 40.2. The summed E-state index contributed by atoms with van der Waals surface area (Å²) in [6, 6.07) is 31.1. The molecule has 0 aliphatic carbocycles. The highest BCUT2D eigenvalue weighted by molar-refractivity contribution is 5.76. The second kappa shape index (κ2) is 29.1. The van der Waals surface area contributed by atoms with E-state index in [0.717, 1.165) is 62.7 Å². The second-order valence-electron chi connectivity index (χ2n) is 19.1. The van der Waals surface area contributed by atoms with Gasteiger partial charge in [0.15, 0.2) is 0 Å². The van der Waals surface area contributed by atoms with Crippen molar-refractivity contribution < 1.29 is 4.74 Å². The van der Waals surface area contributed by atoms with Gasteiger partial charge in [0, 0.05) is 5.56 Å². The number of aryl methyl sites for hydroxylation is 5. The van der Waals surface area contributed by atoms with Gasteiger partial charge >= 0.3 is 0 Å². The summed E-state index contributed by atoms with van der Waals surface area (Å²) < 4.78 is 6.83. The van der Waals surface area contributed by atoms with Crippen LogP contribution in [-0.4, -0.2) is 6.61 Å². The topological polar surface area (TPSA) is 9.23 Å². The molecule has 0 bridgehead atoms. The number of rotatable bonds is 31. The van der Waals surface area contributed by atoms with E-state index in [0.29, 0.717) is 0 Å². The van der Waals surface area contributed by atoms with Crippen LogP contribution in [0.3, 0.4) is 0 Å². The largest absolute Gasteiger partial charge is 0.493 e. The van der Waals surface area contributed by atoms with E-state index in [-0.39, 0.29) is 0 Å². The Labute approximate surface area is 380 Å². The lowest BCUT2D eigenvalue weighted by molar-refractivity contribution is 0.305. The van der Waals surface area contributed by atoms with E-state index < -0.39 is 0 Å². The van der Waals surface area contributed by atoms with Gasteiger partial charge in [-0.2, -0.15) is 0 Å². The molecule has 0 aliphatic heterocycles. The average Bonchev–Trinajstić information content (AvgIpc) is 3.25. The van der Waals surface area contributed by atoms with Crippen LogP contribution in [0.4, 0.5) is 0 Å². The fourth-order valence-corrected chi connectivity index (χ4v) is 8.53. The average molecular weight is 833 g/mol. The summed E-state index contributed by atoms with van der Waals surface area (Å²) in [4.78, 5) is 0. The molecule has 0 radical (unpaired) electrons. The Kier molecular flexibility index (Phi) is 23.6. The zero-order chi connectivity index (χ0) is 44.4. The minimum Gasteiger partial charge on any atom is -0.493 e. The smallest absolute Gasteiger partial charge is 0.127 e. The first-order valence-corrected chi connectivity index (χ1v) is 24.8. The molecule has 0 fully saturated rings. The van der Waals surface area contributed by atoms with Crippen molar-refractivity contribution >= 4 is 12.2 Å². The van der Waals surface area contributed by atoms with Crippen molar-refractivity contribution in [1.29, 1.82) is 0 Å². The fraction of sp³-hybridized carbons (Fsp3) is 0.475. The Morgan fingerprint density at radius 1 is 0.484 bits per heavy atom. The van der Waals surface area contributed by atoms with Crippen molar-refractivity contribution in [3.8, 4) is 16.9 Å². The van der Waals surface area contributed by atoms with Gasteiger partial charge in [0.1, 0.15) is 5.75 Å². The first-order valence-electron chi connectivity index (χ1n) is 24.8. The summed E-state index contributed by atoms with van der Waals surface area (Å²) in [6.45, 7) is 23.4. The highest BCUT2D eigenvalue weighted by Crippen LogP contribution is 2.38. The van der Waals surface area contributed by atoms with E-state index in [1.165, 1.54) is 151 Å². The lowest BCUT2D eigenvalue weighted by Gasteiger charge is -2.21. The van der Waals surface area contributed by atoms with E-state index >= 15 is 0 Å². The van der Waals surface area contributed by atoms with Crippen molar-refractivity contribution in [2.24, 2.45) is 11.8 Å². The molecule has 4 aromatic carbocycles. The van der Waals surface area contributed by atoms with Gasteiger partial charge in [-0.25, -0.2) is 0 Å². The van der Waals surface area contributed by atoms with Gasteiger partial charge in [-0.1, -0.05) is 207 Å². The summed E-state index contributed by atoms with van der Waals surface area (Å²) in [7, 11) is 0. The minimum absolute atomic E-state index is 0.719. The van der Waals surface area contributed by atoms with Crippen LogP contribution in [-0.2, 0) is 19.3 Å². The van der Waals surface area contributed by atoms with Gasteiger partial charge in [0.2, 0.25) is 0 Å². The van der Waals surface area contributed by atoms with Crippen LogP contribution in [0, 0.1) is 25.7 Å². The monoisotopic (exact) mass is 833 g/mol. The van der Waals surface area contributed by atoms with Gasteiger partial charge in [-0.15, -0.1) is 0 Å². The van der Waals surface area contributed by atoms with E-state index in [4.69, 9.17) is 4.74 Å². The molecule has 62 heavy (non-hydrogen) atoms. The maximum atomic E-state index is 6.83. The lowest BCUT2D eigenvalue weighted by atomic mass is 9.87. The molecular formula is C61H84O. The van der Waals surface area contributed by atoms with E-state index in [9.17, 15) is 0 Å². The molecule has 0 amide bonds. The van der Waals surface area contributed by atoms with Gasteiger partial charge in [0.05, 0.1) is 6.61 Å². The molecule has 4 rings (SSSR count). The molecule has 0 saturated heterocycles. The normalized spacial score (nSPS) is 11.7. The number of benzene rings is 4. The van der Waals surface area contributed by atoms with Crippen LogP contribution in [0.5, 0.6) is 5.75 Å². The minimum atomic E-state index is 0.719. The SMILES string of the molecule is C=C(/C=C/c1ccccc1)CCCCCCCCc1cc(-c2cc(CCCC(C)C)c(C)cc2CCCC(C)C)c(OCCCCCCCC(=C)/C=C/c2ccccc2)cc1C. The van der Waals surface area contributed by atoms with Crippen LogP contribution in [0.25, 0.3) is 23.3 Å². The zero-order valence-electron chi connectivity index (χ0n) is 40.2. The Morgan fingerprint density at radius 2 is 0.919 bits per heavy atom. The Balaban J connectivity index is 1.37. The van der Waals surface area contributed by atoms with E-state index in [1.54, 1.807) is 0 Å². The third kappa shape index (κ3) is 19.8. The van der Waals surface area contributed by atoms with Gasteiger partial charge in [-0.3, -0.25) is 0 Å². The van der Waals surface area contributed by atoms with Gasteiger partial charge < -0.3 is 4.74 Å². The van der Waals surface area contributed by atoms with Gasteiger partial charge in [0.25, 0.3) is 0 Å². The van der Waals surface area contributed by atoms with Crippen LogP contribution < -0.4 is 4.74 Å². The number of hydrogen-bond acceptors (Lipinski definition) is 1. The third-order valence-corrected chi connectivity index (χ3v) is 12.5. The molecule has 334 valence electrons. The summed E-state index contributed by atoms with van der Waals surface area (Å²) in [5, 5.41) is 0. The quantitative estimate of drug-likeness (QED) is 0.0363. The molecule has 0 saturated carbocycles. The molecule has 0 aliphatic rings. The van der Waals surface area contributed by atoms with Crippen molar-refractivity contribution in [3.05, 3.63) is 160 Å². The number of allylic oxidation sites excluding steroid dienone is 4. The maximum absolute atomic E-state index is 6.83. The van der Waals surface area contributed by atoms with Gasteiger partial charge in [-0.05, 0) is 153 Å². The van der Waals surface area contributed by atoms with E-state index in [2.05, 4.69) is 164 Å². The lowest BCUT2D eigenvalue weighted by Crippen LogP contribution is -2.04. The molecule has 4 aromatic rings. The highest BCUT2D eigenvalue weighted by atomic mass is 16.5. The highest BCUT2D eigenvalue weighted by Gasteiger charge is 2.17. The number of ether oxygens (including phenoxy) is 1. The predicted octanol–water partition coefficient (Wildman–Crippen LogP) is 18.5. The van der Waals surface area contributed by atoms with Crippen molar-refractivity contribution in [2.45, 2.75) is 170 Å². The van der Waals surface area contributed by atoms with Crippen molar-refractivity contribution in [3.63, 3.8) is 0 Å². The molecule has 0 heterocycles. The van der Waals surface area contributed by atoms with Crippen LogP contribution in [0.2, 0.25) is 0 Å². The fourth-order valence-electron chi connectivity index (χ4n) is 8.53. The molecule has 0 spiro atoms. The van der Waals surface area contributed by atoms with Crippen LogP contribution in [0.1, 0.15) is 176 Å². The second-order valence-corrected chi connectivity index (χ2v) is 19.1. The molecule has 1 nitrogen and oxygen atoms in total. The molecular weight excluding hydrogens is 749 g/mol. The summed E-state index contributed by atoms with van der Waals surface area (Å²) >= 11 is 0. The first-order chi connectivity index (χ1) is 30.1. The Bertz CT molecular complexity index is 1940. The Morgan fingerprint density at radius 3 is 1.45 bits per heavy atom. The maximum Gasteiger partial charge on any atom is 0.127 e. The predicted molar refractivity (Wildman–Crippen MR) is 275 cm³/mol. The first kappa shape index (κ1) is 50.3. The van der Waals surface area contributed by atoms with Crippen LogP contribution in [0.15, 0.2) is 121 Å². The molecule has 1 heteroatoms. The molecule has 0 aromatic heterocycles.